The molecule has 10 nitrogen and oxygen atoms in total. The molecule has 0 fully saturated rings. The fraction of sp³-hybridized carbons (Fsp3) is 0.360. The number of carbonyl (C=O) groups excluding carboxylic acids is 1. The molecule has 0 saturated heterocycles. The van der Waals surface area contributed by atoms with E-state index in [1.165, 1.54) is 18.8 Å². The summed E-state index contributed by atoms with van der Waals surface area (Å²) in [6.45, 7) is 5.52. The van der Waals surface area contributed by atoms with Gasteiger partial charge in [-0.1, -0.05) is 23.7 Å². The molecule has 1 N–H and O–H groups in total. The molecule has 192 valence electrons. The number of aromatic amines is 1. The SMILES string of the molecule is COC(=O)C(Cn1c(=O)[nH]c(=Nc2ccc(OC(C)C)c(C)c2)n(Cc2ccc(Cl)cc2)c1=O)OC. The summed E-state index contributed by atoms with van der Waals surface area (Å²) in [5, 5.41) is 0.549. The zero-order chi connectivity index (χ0) is 26.4. The van der Waals surface area contributed by atoms with Crippen molar-refractivity contribution in [3.8, 4) is 5.75 Å². The number of methoxy groups -OCH3 is 2. The van der Waals surface area contributed by atoms with Gasteiger partial charge in [0.25, 0.3) is 0 Å². The highest BCUT2D eigenvalue weighted by atomic mass is 35.5. The summed E-state index contributed by atoms with van der Waals surface area (Å²) in [7, 11) is 2.49. The third-order valence-corrected chi connectivity index (χ3v) is 5.54. The van der Waals surface area contributed by atoms with E-state index in [4.69, 9.17) is 25.8 Å². The Morgan fingerprint density at radius 1 is 1.08 bits per heavy atom. The van der Waals surface area contributed by atoms with E-state index in [0.717, 1.165) is 21.4 Å². The number of halogens is 1. The van der Waals surface area contributed by atoms with Crippen LogP contribution in [0.25, 0.3) is 0 Å². The van der Waals surface area contributed by atoms with Crippen LogP contribution in [0.2, 0.25) is 5.02 Å². The van der Waals surface area contributed by atoms with E-state index in [0.29, 0.717) is 10.7 Å². The van der Waals surface area contributed by atoms with Crippen LogP contribution in [0, 0.1) is 6.92 Å². The monoisotopic (exact) mass is 516 g/mol. The van der Waals surface area contributed by atoms with E-state index in [1.54, 1.807) is 42.5 Å². The summed E-state index contributed by atoms with van der Waals surface area (Å²) in [4.78, 5) is 45.5. The molecule has 3 aromatic rings. The summed E-state index contributed by atoms with van der Waals surface area (Å²) >= 11 is 6.00. The maximum Gasteiger partial charge on any atom is 0.336 e. The van der Waals surface area contributed by atoms with Crippen molar-refractivity contribution in [3.05, 3.63) is 85.2 Å². The van der Waals surface area contributed by atoms with Gasteiger partial charge in [0, 0.05) is 12.1 Å². The number of carbonyl (C=O) groups is 1. The first-order chi connectivity index (χ1) is 17.1. The number of aryl methyl sites for hydroxylation is 1. The molecular weight excluding hydrogens is 488 g/mol. The quantitative estimate of drug-likeness (QED) is 0.437. The Morgan fingerprint density at radius 3 is 2.36 bits per heavy atom. The molecule has 1 atom stereocenters. The second-order valence-corrected chi connectivity index (χ2v) is 8.77. The van der Waals surface area contributed by atoms with Gasteiger partial charge < -0.3 is 14.2 Å². The van der Waals surface area contributed by atoms with Crippen LogP contribution in [-0.4, -0.2) is 46.5 Å². The fourth-order valence-corrected chi connectivity index (χ4v) is 3.60. The highest BCUT2D eigenvalue weighted by Gasteiger charge is 2.22. The van der Waals surface area contributed by atoms with Crippen LogP contribution < -0.4 is 21.7 Å². The predicted molar refractivity (Wildman–Crippen MR) is 135 cm³/mol. The number of esters is 1. The number of aromatic nitrogens is 3. The van der Waals surface area contributed by atoms with E-state index in [-0.39, 0.29) is 24.8 Å². The van der Waals surface area contributed by atoms with E-state index >= 15 is 0 Å². The molecule has 11 heteroatoms. The van der Waals surface area contributed by atoms with Gasteiger partial charge in [0.1, 0.15) is 5.75 Å². The summed E-state index contributed by atoms with van der Waals surface area (Å²) in [6.07, 6.45) is -1.13. The maximum absolute atomic E-state index is 13.5. The second-order valence-electron chi connectivity index (χ2n) is 8.34. The molecule has 0 aliphatic carbocycles. The molecular formula is C25H29ClN4O6. The molecule has 0 aliphatic heterocycles. The fourth-order valence-electron chi connectivity index (χ4n) is 3.47. The number of ether oxygens (including phenoxy) is 3. The minimum absolute atomic E-state index is 0.0119. The van der Waals surface area contributed by atoms with E-state index in [2.05, 4.69) is 9.98 Å². The average Bonchev–Trinajstić information content (AvgIpc) is 2.84. The summed E-state index contributed by atoms with van der Waals surface area (Å²) < 4.78 is 17.8. The van der Waals surface area contributed by atoms with Gasteiger partial charge in [-0.25, -0.2) is 23.9 Å². The molecule has 0 amide bonds. The summed E-state index contributed by atoms with van der Waals surface area (Å²) in [5.74, 6) is 0.0105. The van der Waals surface area contributed by atoms with Crippen molar-refractivity contribution in [2.45, 2.75) is 46.1 Å². The molecule has 2 aromatic carbocycles. The lowest BCUT2D eigenvalue weighted by Crippen LogP contribution is -2.52. The van der Waals surface area contributed by atoms with Gasteiger partial charge in [0.2, 0.25) is 5.62 Å². The Balaban J connectivity index is 2.16. The Kier molecular flexibility index (Phi) is 8.89. The van der Waals surface area contributed by atoms with Gasteiger partial charge >= 0.3 is 17.3 Å². The molecule has 3 rings (SSSR count). The first-order valence-electron chi connectivity index (χ1n) is 11.2. The second kappa shape index (κ2) is 11.9. The number of hydrogen-bond acceptors (Lipinski definition) is 7. The summed E-state index contributed by atoms with van der Waals surface area (Å²) in [6, 6.07) is 12.3. The summed E-state index contributed by atoms with van der Waals surface area (Å²) in [5.41, 5.74) is 0.754. The van der Waals surface area contributed by atoms with Gasteiger partial charge in [-0.15, -0.1) is 0 Å². The van der Waals surface area contributed by atoms with Gasteiger partial charge in [-0.3, -0.25) is 9.55 Å². The van der Waals surface area contributed by atoms with Crippen molar-refractivity contribution in [2.75, 3.05) is 14.2 Å². The first-order valence-corrected chi connectivity index (χ1v) is 11.6. The molecule has 0 saturated carbocycles. The number of rotatable bonds is 9. The van der Waals surface area contributed by atoms with Crippen molar-refractivity contribution in [1.29, 1.82) is 0 Å². The number of nitrogens with zero attached hydrogens (tertiary/aromatic N) is 3. The molecule has 1 heterocycles. The average molecular weight is 517 g/mol. The number of hydrogen-bond donors (Lipinski definition) is 1. The van der Waals surface area contributed by atoms with Gasteiger partial charge in [0.05, 0.1) is 32.0 Å². The Bertz CT molecular complexity index is 1410. The van der Waals surface area contributed by atoms with Crippen LogP contribution in [0.15, 0.2) is 57.0 Å². The van der Waals surface area contributed by atoms with Crippen molar-refractivity contribution in [1.82, 2.24) is 14.1 Å². The highest BCUT2D eigenvalue weighted by molar-refractivity contribution is 6.30. The zero-order valence-corrected chi connectivity index (χ0v) is 21.5. The topological polar surface area (TPSA) is 117 Å². The molecule has 0 bridgehead atoms. The largest absolute Gasteiger partial charge is 0.491 e. The van der Waals surface area contributed by atoms with Crippen LogP contribution in [-0.2, 0) is 27.4 Å². The Hall–Kier alpha value is -3.63. The van der Waals surface area contributed by atoms with Crippen LogP contribution in [0.3, 0.4) is 0 Å². The van der Waals surface area contributed by atoms with Crippen molar-refractivity contribution in [3.63, 3.8) is 0 Å². The number of benzene rings is 2. The normalized spacial score (nSPS) is 12.6. The zero-order valence-electron chi connectivity index (χ0n) is 20.8. The van der Waals surface area contributed by atoms with Crippen molar-refractivity contribution >= 4 is 23.3 Å². The standard InChI is InChI=1S/C25H29ClN4O6/c1-15(2)36-20-11-10-19(12-16(20)3)27-23-28-24(32)30(14-21(34-4)22(31)35-5)25(33)29(23)13-17-6-8-18(26)9-7-17/h6-12,15,21H,13-14H2,1-5H3,(H,27,28,32). The highest BCUT2D eigenvalue weighted by Crippen LogP contribution is 2.24. The molecule has 1 unspecified atom stereocenters. The lowest BCUT2D eigenvalue weighted by Gasteiger charge is -2.16. The maximum atomic E-state index is 13.5. The predicted octanol–water partition coefficient (Wildman–Crippen LogP) is 2.56. The minimum Gasteiger partial charge on any atom is -0.491 e. The lowest BCUT2D eigenvalue weighted by molar-refractivity contribution is -0.153. The Morgan fingerprint density at radius 2 is 1.78 bits per heavy atom. The number of H-pyrrole nitrogens is 1. The van der Waals surface area contributed by atoms with Gasteiger partial charge in [-0.2, -0.15) is 0 Å². The Labute approximate surface area is 212 Å². The van der Waals surface area contributed by atoms with E-state index < -0.39 is 23.5 Å². The van der Waals surface area contributed by atoms with E-state index in [9.17, 15) is 14.4 Å². The smallest absolute Gasteiger partial charge is 0.336 e. The minimum atomic E-state index is -1.14. The third-order valence-electron chi connectivity index (χ3n) is 5.29. The van der Waals surface area contributed by atoms with E-state index in [1.807, 2.05) is 20.8 Å². The van der Waals surface area contributed by atoms with Crippen LogP contribution in [0.1, 0.15) is 25.0 Å². The van der Waals surface area contributed by atoms with Crippen molar-refractivity contribution < 1.29 is 19.0 Å². The molecule has 1 aromatic heterocycles. The number of nitrogens with one attached hydrogen (secondary N) is 1. The van der Waals surface area contributed by atoms with Gasteiger partial charge in [0.15, 0.2) is 6.10 Å². The van der Waals surface area contributed by atoms with Crippen LogP contribution in [0.4, 0.5) is 5.69 Å². The van der Waals surface area contributed by atoms with Gasteiger partial charge in [-0.05, 0) is 62.2 Å². The van der Waals surface area contributed by atoms with Crippen LogP contribution in [0.5, 0.6) is 5.75 Å². The van der Waals surface area contributed by atoms with Crippen LogP contribution >= 0.6 is 11.6 Å². The molecule has 0 spiro atoms. The molecule has 0 aliphatic rings. The van der Waals surface area contributed by atoms with Crippen molar-refractivity contribution in [2.24, 2.45) is 4.99 Å². The third kappa shape index (κ3) is 6.52. The first kappa shape index (κ1) is 27.0. The molecule has 36 heavy (non-hydrogen) atoms. The molecule has 0 radical (unpaired) electrons. The lowest BCUT2D eigenvalue weighted by atomic mass is 10.2.